The summed E-state index contributed by atoms with van der Waals surface area (Å²) >= 11 is 0. The van der Waals surface area contributed by atoms with Crippen molar-refractivity contribution in [3.63, 3.8) is 0 Å². The highest BCUT2D eigenvalue weighted by Crippen LogP contribution is 2.41. The summed E-state index contributed by atoms with van der Waals surface area (Å²) in [6.07, 6.45) is 7.95. The van der Waals surface area contributed by atoms with Crippen LogP contribution in [0.15, 0.2) is 12.4 Å². The molecule has 2 aliphatic rings. The van der Waals surface area contributed by atoms with Crippen LogP contribution >= 0.6 is 0 Å². The zero-order chi connectivity index (χ0) is 15.0. The Morgan fingerprint density at radius 1 is 1.29 bits per heavy atom. The van der Waals surface area contributed by atoms with Crippen LogP contribution in [-0.2, 0) is 13.1 Å². The van der Waals surface area contributed by atoms with Gasteiger partial charge in [0.05, 0.1) is 6.54 Å². The maximum Gasteiger partial charge on any atom is 0.122 e. The van der Waals surface area contributed by atoms with Crippen molar-refractivity contribution in [2.75, 3.05) is 13.1 Å². The molecule has 2 N–H and O–H groups in total. The molecule has 4 nitrogen and oxygen atoms in total. The van der Waals surface area contributed by atoms with E-state index in [4.69, 9.17) is 5.73 Å². The van der Waals surface area contributed by atoms with Gasteiger partial charge in [-0.3, -0.25) is 4.90 Å². The van der Waals surface area contributed by atoms with Gasteiger partial charge in [0.25, 0.3) is 0 Å². The van der Waals surface area contributed by atoms with E-state index in [2.05, 4.69) is 41.4 Å². The minimum Gasteiger partial charge on any atom is -0.333 e. The van der Waals surface area contributed by atoms with Crippen LogP contribution in [0, 0.1) is 17.3 Å². The summed E-state index contributed by atoms with van der Waals surface area (Å²) in [6.45, 7) is 11.2. The quantitative estimate of drug-likeness (QED) is 0.910. The second kappa shape index (κ2) is 5.73. The molecule has 1 aliphatic heterocycles. The number of hydrogen-bond acceptors (Lipinski definition) is 3. The molecule has 0 spiro atoms. The van der Waals surface area contributed by atoms with Gasteiger partial charge in [0.15, 0.2) is 0 Å². The van der Waals surface area contributed by atoms with Gasteiger partial charge in [-0.15, -0.1) is 0 Å². The van der Waals surface area contributed by atoms with Crippen LogP contribution in [0.5, 0.6) is 0 Å². The molecule has 21 heavy (non-hydrogen) atoms. The van der Waals surface area contributed by atoms with Gasteiger partial charge in [-0.25, -0.2) is 4.98 Å². The molecule has 1 aromatic heterocycles. The molecule has 3 atom stereocenters. The van der Waals surface area contributed by atoms with Crippen molar-refractivity contribution >= 4 is 0 Å². The normalized spacial score (nSPS) is 31.1. The minimum atomic E-state index is 0.409. The first-order valence-electron chi connectivity index (χ1n) is 8.43. The summed E-state index contributed by atoms with van der Waals surface area (Å²) in [5.74, 6) is 2.69. The number of hydrogen-bond donors (Lipinski definition) is 1. The first-order chi connectivity index (χ1) is 9.99. The summed E-state index contributed by atoms with van der Waals surface area (Å²) in [7, 11) is 0. The molecule has 1 aliphatic carbocycles. The third-order valence-corrected chi connectivity index (χ3v) is 5.73. The topological polar surface area (TPSA) is 47.1 Å². The second-order valence-corrected chi connectivity index (χ2v) is 7.95. The molecule has 0 amide bonds. The number of aromatic nitrogens is 2. The molecule has 0 saturated heterocycles. The highest BCUT2D eigenvalue weighted by Gasteiger charge is 2.38. The highest BCUT2D eigenvalue weighted by molar-refractivity contribution is 4.99. The monoisotopic (exact) mass is 290 g/mol. The summed E-state index contributed by atoms with van der Waals surface area (Å²) in [5, 5.41) is 0. The van der Waals surface area contributed by atoms with Gasteiger partial charge >= 0.3 is 0 Å². The zero-order valence-electron chi connectivity index (χ0n) is 13.8. The van der Waals surface area contributed by atoms with Crippen LogP contribution in [0.2, 0.25) is 0 Å². The van der Waals surface area contributed by atoms with Crippen LogP contribution in [0.25, 0.3) is 0 Å². The van der Waals surface area contributed by atoms with Gasteiger partial charge in [-0.1, -0.05) is 20.8 Å². The van der Waals surface area contributed by atoms with Crippen molar-refractivity contribution in [2.45, 2.75) is 59.2 Å². The molecule has 2 heterocycles. The molecule has 0 bridgehead atoms. The number of rotatable bonds is 2. The van der Waals surface area contributed by atoms with E-state index >= 15 is 0 Å². The van der Waals surface area contributed by atoms with Gasteiger partial charge in [-0.05, 0) is 43.1 Å². The molecule has 1 fully saturated rings. The third kappa shape index (κ3) is 3.02. The summed E-state index contributed by atoms with van der Waals surface area (Å²) < 4.78 is 2.29. The van der Waals surface area contributed by atoms with Crippen molar-refractivity contribution < 1.29 is 0 Å². The summed E-state index contributed by atoms with van der Waals surface area (Å²) in [6, 6.07) is 0.637. The standard InChI is InChI=1S/C17H30N4/c1-17(2,3)14-5-4-13(11-18)15(10-14)21-9-8-20-7-6-19-16(20)12-21/h6-7,13-15H,4-5,8-12,18H2,1-3H3. The Morgan fingerprint density at radius 3 is 2.81 bits per heavy atom. The minimum absolute atomic E-state index is 0.409. The summed E-state index contributed by atoms with van der Waals surface area (Å²) in [4.78, 5) is 7.16. The number of nitrogens with zero attached hydrogens (tertiary/aromatic N) is 3. The number of imidazole rings is 1. The van der Waals surface area contributed by atoms with Gasteiger partial charge in [0.2, 0.25) is 0 Å². The van der Waals surface area contributed by atoms with Gasteiger partial charge in [0, 0.05) is 31.5 Å². The Balaban J connectivity index is 1.75. The largest absolute Gasteiger partial charge is 0.333 e. The van der Waals surface area contributed by atoms with E-state index in [9.17, 15) is 0 Å². The molecule has 1 saturated carbocycles. The fourth-order valence-corrected chi connectivity index (χ4v) is 4.19. The third-order valence-electron chi connectivity index (χ3n) is 5.73. The molecule has 0 aromatic carbocycles. The molecule has 4 heteroatoms. The Labute approximate surface area is 128 Å². The predicted octanol–water partition coefficient (Wildman–Crippen LogP) is 2.49. The second-order valence-electron chi connectivity index (χ2n) is 7.95. The van der Waals surface area contributed by atoms with Crippen molar-refractivity contribution in [1.82, 2.24) is 14.5 Å². The van der Waals surface area contributed by atoms with E-state index in [0.717, 1.165) is 32.1 Å². The van der Waals surface area contributed by atoms with E-state index in [-0.39, 0.29) is 0 Å². The maximum absolute atomic E-state index is 6.08. The van der Waals surface area contributed by atoms with Crippen LogP contribution in [0.3, 0.4) is 0 Å². The number of fused-ring (bicyclic) bond motifs is 1. The lowest BCUT2D eigenvalue weighted by Crippen LogP contribution is -2.50. The highest BCUT2D eigenvalue weighted by atomic mass is 15.3. The van der Waals surface area contributed by atoms with Crippen molar-refractivity contribution in [2.24, 2.45) is 23.0 Å². The summed E-state index contributed by atoms with van der Waals surface area (Å²) in [5.41, 5.74) is 6.49. The Kier molecular flexibility index (Phi) is 4.10. The average Bonchev–Trinajstić information content (AvgIpc) is 2.93. The number of nitrogens with two attached hydrogens (primary N) is 1. The smallest absolute Gasteiger partial charge is 0.122 e. The molecule has 1 aromatic rings. The molecule has 3 rings (SSSR count). The maximum atomic E-state index is 6.08. The predicted molar refractivity (Wildman–Crippen MR) is 85.8 cm³/mol. The van der Waals surface area contributed by atoms with Crippen molar-refractivity contribution in [3.05, 3.63) is 18.2 Å². The van der Waals surface area contributed by atoms with Crippen LogP contribution in [-0.4, -0.2) is 33.6 Å². The SMILES string of the molecule is CC(C)(C)C1CCC(CN)C(N2CCn3ccnc3C2)C1. The molecule has 3 unspecified atom stereocenters. The molecule has 0 radical (unpaired) electrons. The van der Waals surface area contributed by atoms with Crippen LogP contribution in [0.4, 0.5) is 0 Å². The van der Waals surface area contributed by atoms with Gasteiger partial charge < -0.3 is 10.3 Å². The van der Waals surface area contributed by atoms with E-state index < -0.39 is 0 Å². The lowest BCUT2D eigenvalue weighted by atomic mass is 9.67. The van der Waals surface area contributed by atoms with Crippen LogP contribution in [0.1, 0.15) is 45.9 Å². The zero-order valence-corrected chi connectivity index (χ0v) is 13.8. The van der Waals surface area contributed by atoms with Crippen molar-refractivity contribution in [3.8, 4) is 0 Å². The Hall–Kier alpha value is -0.870. The Morgan fingerprint density at radius 2 is 2.10 bits per heavy atom. The first-order valence-corrected chi connectivity index (χ1v) is 8.43. The van der Waals surface area contributed by atoms with Gasteiger partial charge in [-0.2, -0.15) is 0 Å². The fraction of sp³-hybridized carbons (Fsp3) is 0.824. The van der Waals surface area contributed by atoms with Crippen LogP contribution < -0.4 is 5.73 Å². The molecular formula is C17H30N4. The lowest BCUT2D eigenvalue weighted by Gasteiger charge is -2.47. The lowest BCUT2D eigenvalue weighted by molar-refractivity contribution is 0.0296. The average molecular weight is 290 g/mol. The van der Waals surface area contributed by atoms with E-state index in [1.807, 2.05) is 6.20 Å². The molecule has 118 valence electrons. The Bertz CT molecular complexity index is 473. The van der Waals surface area contributed by atoms with Crippen molar-refractivity contribution in [1.29, 1.82) is 0 Å². The van der Waals surface area contributed by atoms with E-state index in [0.29, 0.717) is 17.4 Å². The molecular weight excluding hydrogens is 260 g/mol. The van der Waals surface area contributed by atoms with E-state index in [1.165, 1.54) is 25.1 Å². The van der Waals surface area contributed by atoms with E-state index in [1.54, 1.807) is 0 Å². The fourth-order valence-electron chi connectivity index (χ4n) is 4.19. The first kappa shape index (κ1) is 15.0. The van der Waals surface area contributed by atoms with Gasteiger partial charge in [0.1, 0.15) is 5.82 Å².